The van der Waals surface area contributed by atoms with E-state index in [1.54, 1.807) is 0 Å². The van der Waals surface area contributed by atoms with Crippen molar-refractivity contribution in [3.63, 3.8) is 0 Å². The van der Waals surface area contributed by atoms with Crippen LogP contribution in [0.15, 0.2) is 254 Å². The van der Waals surface area contributed by atoms with Gasteiger partial charge in [-0.1, -0.05) is 243 Å². The molecule has 80 heavy (non-hydrogen) atoms. The second kappa shape index (κ2) is 30.5. The molecule has 10 rings (SSSR count). The molecule has 10 nitrogen and oxygen atoms in total. The minimum Gasteiger partial charge on any atom is -0.487 e. The van der Waals surface area contributed by atoms with Crippen LogP contribution < -0.4 is 0 Å². The zero-order chi connectivity index (χ0) is 54.2. The smallest absolute Gasteiger partial charge is 0.150 e. The normalized spacial score (nSPS) is 22.4. The molecule has 0 amide bonds. The van der Waals surface area contributed by atoms with Gasteiger partial charge in [0.2, 0.25) is 0 Å². The fourth-order valence-electron chi connectivity index (χ4n) is 10.2. The Hall–Kier alpha value is -7.06. The molecule has 0 aliphatic carbocycles. The molecule has 0 N–H and O–H groups in total. The molecule has 0 aromatic heterocycles. The fraction of sp³-hybridized carbons (Fsp3) is 0.286. The first kappa shape index (κ1) is 56.2. The first-order valence-corrected chi connectivity index (χ1v) is 27.9. The van der Waals surface area contributed by atoms with E-state index in [1.807, 2.05) is 146 Å². The van der Waals surface area contributed by atoms with E-state index in [2.05, 4.69) is 103 Å². The maximum Gasteiger partial charge on any atom is 0.150 e. The number of hydrogen-bond acceptors (Lipinski definition) is 10. The van der Waals surface area contributed by atoms with Gasteiger partial charge in [-0.15, -0.1) is 0 Å². The van der Waals surface area contributed by atoms with Crippen LogP contribution in [0.4, 0.5) is 0 Å². The van der Waals surface area contributed by atoms with Crippen LogP contribution in [0.5, 0.6) is 0 Å². The lowest BCUT2D eigenvalue weighted by atomic mass is 9.91. The lowest BCUT2D eigenvalue weighted by molar-refractivity contribution is -0.272. The van der Waals surface area contributed by atoms with Crippen LogP contribution in [0.1, 0.15) is 50.9 Å². The van der Waals surface area contributed by atoms with Gasteiger partial charge < -0.3 is 47.4 Å². The molecule has 2 aliphatic heterocycles. The molecule has 2 saturated heterocycles. The number of hydrogen-bond donors (Lipinski definition) is 0. The molecule has 0 spiro atoms. The lowest BCUT2D eigenvalue weighted by Gasteiger charge is -2.46. The summed E-state index contributed by atoms with van der Waals surface area (Å²) in [7, 11) is 0. The minimum atomic E-state index is -0.727. The standard InChI is InChI=1S/C70H72O10/c1-9-25-53(26-10-1)43-71-51-63-67(75-47-57-33-17-5-18-34-57)69(77-49-59-37-21-7-22-38-59)65(73-45-55-29-13-3-14-30-55)61(79-63)41-42-62-66(74-46-56-31-15-4-16-32-56)70(78-50-60-39-23-8-24-40-60)68(76-48-58-35-19-6-20-36-58)64(80-62)52-72-44-54-27-11-2-12-28-54/h1-41,62-70H,42-52H2/b61-41-/t62-,63+,64+,65-,66-,67+,68+,69+,70+/m0/s1. The Morgan fingerprint density at radius 2 is 0.550 bits per heavy atom. The van der Waals surface area contributed by atoms with E-state index in [0.29, 0.717) is 58.4 Å². The molecule has 0 bridgehead atoms. The van der Waals surface area contributed by atoms with E-state index < -0.39 is 54.9 Å². The molecule has 412 valence electrons. The summed E-state index contributed by atoms with van der Waals surface area (Å²) in [6, 6.07) is 81.5. The maximum atomic E-state index is 7.37. The largest absolute Gasteiger partial charge is 0.487 e. The first-order valence-electron chi connectivity index (χ1n) is 27.9. The topological polar surface area (TPSA) is 92.3 Å². The van der Waals surface area contributed by atoms with Gasteiger partial charge in [0.1, 0.15) is 48.5 Å². The zero-order valence-corrected chi connectivity index (χ0v) is 45.2. The average Bonchev–Trinajstić information content (AvgIpc) is 3.53. The summed E-state index contributed by atoms with van der Waals surface area (Å²) in [5.41, 5.74) is 8.23. The van der Waals surface area contributed by atoms with Gasteiger partial charge in [-0.3, -0.25) is 0 Å². The van der Waals surface area contributed by atoms with Crippen molar-refractivity contribution in [3.05, 3.63) is 299 Å². The zero-order valence-electron chi connectivity index (χ0n) is 45.2. The highest BCUT2D eigenvalue weighted by Crippen LogP contribution is 2.37. The van der Waals surface area contributed by atoms with E-state index in [-0.39, 0.29) is 19.8 Å². The number of ether oxygens (including phenoxy) is 10. The second-order valence-electron chi connectivity index (χ2n) is 20.2. The van der Waals surface area contributed by atoms with E-state index in [9.17, 15) is 0 Å². The highest BCUT2D eigenvalue weighted by atomic mass is 16.6. The number of rotatable bonds is 28. The van der Waals surface area contributed by atoms with Crippen molar-refractivity contribution in [3.8, 4) is 0 Å². The summed E-state index contributed by atoms with van der Waals surface area (Å²) in [6.07, 6.45) is -3.18. The number of benzene rings is 8. The van der Waals surface area contributed by atoms with Gasteiger partial charge >= 0.3 is 0 Å². The Kier molecular flexibility index (Phi) is 21.4. The SMILES string of the molecule is C(/C[C@@H]1O[C@H](COCc2ccccc2)[C@@H](OCc2ccccc2)[C@H](OCc2ccccc2)[C@H]1OCc1ccccc1)=C1/O[C@H](COCc2ccccc2)[C@@H](OCc2ccccc2)[C@H](OCc2ccccc2)[C@H]1OCc1ccccc1. The van der Waals surface area contributed by atoms with Crippen LogP contribution >= 0.6 is 0 Å². The predicted octanol–water partition coefficient (Wildman–Crippen LogP) is 13.4. The van der Waals surface area contributed by atoms with Crippen LogP contribution in [0.2, 0.25) is 0 Å². The molecule has 2 fully saturated rings. The lowest BCUT2D eigenvalue weighted by Crippen LogP contribution is -2.61. The summed E-state index contributed by atoms with van der Waals surface area (Å²) < 4.78 is 70.3. The van der Waals surface area contributed by atoms with E-state index >= 15 is 0 Å². The van der Waals surface area contributed by atoms with Gasteiger partial charge in [-0.05, 0) is 57.0 Å². The third-order valence-electron chi connectivity index (χ3n) is 14.3. The molecule has 8 aromatic carbocycles. The predicted molar refractivity (Wildman–Crippen MR) is 309 cm³/mol. The second-order valence-corrected chi connectivity index (χ2v) is 20.2. The molecular weight excluding hydrogens is 1000 g/mol. The van der Waals surface area contributed by atoms with Gasteiger partial charge in [0.25, 0.3) is 0 Å². The third kappa shape index (κ3) is 16.7. The van der Waals surface area contributed by atoms with Gasteiger partial charge in [0, 0.05) is 0 Å². The molecule has 0 radical (unpaired) electrons. The summed E-state index contributed by atoms with van der Waals surface area (Å²) >= 11 is 0. The Morgan fingerprint density at radius 1 is 0.275 bits per heavy atom. The van der Waals surface area contributed by atoms with Crippen LogP contribution in [0.25, 0.3) is 0 Å². The Labute approximate surface area is 471 Å². The van der Waals surface area contributed by atoms with Crippen molar-refractivity contribution >= 4 is 0 Å². The van der Waals surface area contributed by atoms with Crippen molar-refractivity contribution < 1.29 is 47.4 Å². The van der Waals surface area contributed by atoms with E-state index in [1.165, 1.54) is 0 Å². The Balaban J connectivity index is 1.03. The Morgan fingerprint density at radius 3 is 0.912 bits per heavy atom. The summed E-state index contributed by atoms with van der Waals surface area (Å²) in [5.74, 6) is 0.582. The molecule has 2 heterocycles. The van der Waals surface area contributed by atoms with Crippen LogP contribution in [-0.4, -0.2) is 68.1 Å². The monoisotopic (exact) mass is 1070 g/mol. The van der Waals surface area contributed by atoms with Crippen molar-refractivity contribution in [2.24, 2.45) is 0 Å². The summed E-state index contributed by atoms with van der Waals surface area (Å²) in [6.45, 7) is 3.10. The molecular formula is C70H72O10. The molecule has 2 aliphatic rings. The van der Waals surface area contributed by atoms with Crippen LogP contribution in [-0.2, 0) is 100 Å². The molecule has 0 unspecified atom stereocenters. The van der Waals surface area contributed by atoms with Crippen molar-refractivity contribution in [1.82, 2.24) is 0 Å². The maximum absolute atomic E-state index is 7.37. The quantitative estimate of drug-likeness (QED) is 0.0472. The van der Waals surface area contributed by atoms with Crippen LogP contribution in [0.3, 0.4) is 0 Å². The minimum absolute atomic E-state index is 0.210. The molecule has 0 saturated carbocycles. The molecule has 10 heteroatoms. The van der Waals surface area contributed by atoms with Crippen molar-refractivity contribution in [2.75, 3.05) is 13.2 Å². The highest BCUT2D eigenvalue weighted by molar-refractivity contribution is 5.21. The molecule has 8 aromatic rings. The Bertz CT molecular complexity index is 2980. The van der Waals surface area contributed by atoms with E-state index in [0.717, 1.165) is 44.5 Å². The molecule has 9 atom stereocenters. The van der Waals surface area contributed by atoms with Gasteiger partial charge in [-0.25, -0.2) is 0 Å². The average molecular weight is 1070 g/mol. The van der Waals surface area contributed by atoms with Crippen LogP contribution in [0, 0.1) is 0 Å². The summed E-state index contributed by atoms with van der Waals surface area (Å²) in [5, 5.41) is 0. The van der Waals surface area contributed by atoms with E-state index in [4.69, 9.17) is 47.4 Å². The van der Waals surface area contributed by atoms with Gasteiger partial charge in [0.15, 0.2) is 6.10 Å². The first-order chi connectivity index (χ1) is 39.7. The summed E-state index contributed by atoms with van der Waals surface area (Å²) in [4.78, 5) is 0. The fourth-order valence-corrected chi connectivity index (χ4v) is 10.2. The van der Waals surface area contributed by atoms with Gasteiger partial charge in [-0.2, -0.15) is 0 Å². The highest BCUT2D eigenvalue weighted by Gasteiger charge is 2.50. The third-order valence-corrected chi connectivity index (χ3v) is 14.3. The van der Waals surface area contributed by atoms with Crippen molar-refractivity contribution in [2.45, 2.75) is 114 Å². The van der Waals surface area contributed by atoms with Gasteiger partial charge in [0.05, 0.1) is 72.2 Å². The van der Waals surface area contributed by atoms with Crippen molar-refractivity contribution in [1.29, 1.82) is 0 Å².